The quantitative estimate of drug-likeness (QED) is 0.436. The molecule has 8 heteroatoms. The molecule has 0 heterocycles. The molecule has 1 aromatic carbocycles. The van der Waals surface area contributed by atoms with Crippen molar-refractivity contribution in [2.45, 2.75) is 29.1 Å². The normalized spacial score (nSPS) is 11.0. The molecule has 1 rings (SSSR count). The highest BCUT2D eigenvalue weighted by Crippen LogP contribution is 2.40. The Kier molecular flexibility index (Phi) is 6.55. The van der Waals surface area contributed by atoms with Crippen molar-refractivity contribution >= 4 is 33.7 Å². The predicted octanol–water partition coefficient (Wildman–Crippen LogP) is 4.17. The van der Waals surface area contributed by atoms with Crippen LogP contribution in [0.15, 0.2) is 17.0 Å². The van der Waals surface area contributed by atoms with E-state index in [0.717, 1.165) is 0 Å². The number of alkyl halides is 4. The predicted molar refractivity (Wildman–Crippen MR) is 76.0 cm³/mol. The number of rotatable bonds is 5. The maximum absolute atomic E-state index is 12.6. The second-order valence-electron chi connectivity index (χ2n) is 3.90. The molecule has 0 amide bonds. The Hall–Kier alpha value is -1.20. The molecular weight excluding hydrogens is 371 g/mol. The molecule has 0 N–H and O–H groups in total. The summed E-state index contributed by atoms with van der Waals surface area (Å²) in [5.74, 6) is -0.545. The van der Waals surface area contributed by atoms with Gasteiger partial charge < -0.3 is 4.74 Å². The van der Waals surface area contributed by atoms with Gasteiger partial charge in [-0.15, -0.1) is 0 Å². The summed E-state index contributed by atoms with van der Waals surface area (Å²) in [6.07, 6.45) is -0.170. The Labute approximate surface area is 132 Å². The number of esters is 1. The number of hydrogen-bond donors (Lipinski definition) is 0. The highest BCUT2D eigenvalue weighted by atomic mass is 79.9. The summed E-state index contributed by atoms with van der Waals surface area (Å²) < 4.78 is 42.5. The van der Waals surface area contributed by atoms with Gasteiger partial charge in [-0.1, -0.05) is 15.9 Å². The molecule has 114 valence electrons. The molecule has 0 unspecified atom stereocenters. The fraction of sp³-hybridized carbons (Fsp3) is 0.385. The Morgan fingerprint density at radius 1 is 1.48 bits per heavy atom. The highest BCUT2D eigenvalue weighted by molar-refractivity contribution is 9.08. The fourth-order valence-electron chi connectivity index (χ4n) is 1.64. The van der Waals surface area contributed by atoms with Crippen LogP contribution >= 0.6 is 27.7 Å². The molecule has 0 aromatic heterocycles. The van der Waals surface area contributed by atoms with Gasteiger partial charge in [-0.2, -0.15) is 18.4 Å². The minimum atomic E-state index is -4.47. The lowest BCUT2D eigenvalue weighted by atomic mass is 10.0. The van der Waals surface area contributed by atoms with Crippen molar-refractivity contribution in [3.8, 4) is 6.07 Å². The number of ether oxygens (including phenoxy) is 1. The molecule has 1 aromatic rings. The smallest absolute Gasteiger partial charge is 0.446 e. The van der Waals surface area contributed by atoms with Crippen LogP contribution in [0.25, 0.3) is 0 Å². The van der Waals surface area contributed by atoms with E-state index < -0.39 is 11.5 Å². The maximum Gasteiger partial charge on any atom is 0.446 e. The van der Waals surface area contributed by atoms with Gasteiger partial charge in [0.05, 0.1) is 24.7 Å². The second kappa shape index (κ2) is 7.71. The van der Waals surface area contributed by atoms with Crippen LogP contribution in [0, 0.1) is 11.3 Å². The lowest BCUT2D eigenvalue weighted by Gasteiger charge is -2.13. The first-order valence-corrected chi connectivity index (χ1v) is 7.77. The van der Waals surface area contributed by atoms with Crippen LogP contribution in [0.2, 0.25) is 0 Å². The van der Waals surface area contributed by atoms with Gasteiger partial charge in [0.15, 0.2) is 0 Å². The van der Waals surface area contributed by atoms with E-state index in [-0.39, 0.29) is 46.1 Å². The van der Waals surface area contributed by atoms with Crippen molar-refractivity contribution < 1.29 is 22.7 Å². The van der Waals surface area contributed by atoms with E-state index in [4.69, 9.17) is 10.00 Å². The summed E-state index contributed by atoms with van der Waals surface area (Å²) in [7, 11) is 0. The maximum atomic E-state index is 12.6. The van der Waals surface area contributed by atoms with E-state index in [1.54, 1.807) is 6.92 Å². The number of hydrogen-bond acceptors (Lipinski definition) is 4. The summed E-state index contributed by atoms with van der Waals surface area (Å²) >= 11 is 2.79. The molecule has 0 atom stereocenters. The average Bonchev–Trinajstić information content (AvgIpc) is 2.36. The van der Waals surface area contributed by atoms with Crippen molar-refractivity contribution in [1.82, 2.24) is 0 Å². The topological polar surface area (TPSA) is 50.1 Å². The van der Waals surface area contributed by atoms with Gasteiger partial charge in [0.2, 0.25) is 0 Å². The van der Waals surface area contributed by atoms with Crippen molar-refractivity contribution in [3.63, 3.8) is 0 Å². The van der Waals surface area contributed by atoms with E-state index in [1.165, 1.54) is 12.1 Å². The second-order valence-corrected chi connectivity index (χ2v) is 5.56. The number of nitrogens with zero attached hydrogens (tertiary/aromatic N) is 1. The fourth-order valence-corrected chi connectivity index (χ4v) is 3.19. The van der Waals surface area contributed by atoms with Crippen LogP contribution in [0.5, 0.6) is 0 Å². The number of thioether (sulfide) groups is 1. The van der Waals surface area contributed by atoms with Crippen LogP contribution in [-0.4, -0.2) is 18.1 Å². The van der Waals surface area contributed by atoms with Crippen LogP contribution in [-0.2, 0) is 21.3 Å². The van der Waals surface area contributed by atoms with Crippen molar-refractivity contribution in [3.05, 3.63) is 28.8 Å². The van der Waals surface area contributed by atoms with Crippen molar-refractivity contribution in [1.29, 1.82) is 5.26 Å². The zero-order valence-corrected chi connectivity index (χ0v) is 13.4. The van der Waals surface area contributed by atoms with Crippen LogP contribution < -0.4 is 0 Å². The monoisotopic (exact) mass is 381 g/mol. The van der Waals surface area contributed by atoms with Crippen LogP contribution in [0.1, 0.15) is 23.6 Å². The summed E-state index contributed by atoms with van der Waals surface area (Å²) in [6.45, 7) is 1.82. The van der Waals surface area contributed by atoms with E-state index in [0.29, 0.717) is 5.56 Å². The van der Waals surface area contributed by atoms with Gasteiger partial charge >= 0.3 is 11.5 Å². The molecule has 0 aliphatic rings. The van der Waals surface area contributed by atoms with E-state index in [1.807, 2.05) is 6.07 Å². The van der Waals surface area contributed by atoms with Crippen molar-refractivity contribution in [2.24, 2.45) is 0 Å². The highest BCUT2D eigenvalue weighted by Gasteiger charge is 2.31. The number of benzene rings is 1. The summed E-state index contributed by atoms with van der Waals surface area (Å²) in [5.41, 5.74) is -3.78. The molecule has 0 bridgehead atoms. The number of nitriles is 1. The Morgan fingerprint density at radius 2 is 2.14 bits per heavy atom. The molecule has 0 fully saturated rings. The first kappa shape index (κ1) is 17.9. The third-order valence-corrected chi connectivity index (χ3v) is 3.78. The SMILES string of the molecule is CCOC(=O)Cc1cc(C#N)c(CBr)c(SC(F)(F)F)c1. The summed E-state index contributed by atoms with van der Waals surface area (Å²) in [4.78, 5) is 11.3. The third kappa shape index (κ3) is 5.59. The summed E-state index contributed by atoms with van der Waals surface area (Å²) in [5, 5.41) is 9.18. The largest absolute Gasteiger partial charge is 0.466 e. The Balaban J connectivity index is 3.21. The third-order valence-electron chi connectivity index (χ3n) is 2.40. The Morgan fingerprint density at radius 3 is 2.62 bits per heavy atom. The first-order chi connectivity index (χ1) is 9.80. The molecule has 0 spiro atoms. The lowest BCUT2D eigenvalue weighted by molar-refractivity contribution is -0.142. The standard InChI is InChI=1S/C13H11BrF3NO2S/c1-2-20-12(19)5-8-3-9(7-18)10(6-14)11(4-8)21-13(15,16)17/h3-4H,2,5-6H2,1H3. The number of carbonyl (C=O) groups excluding carboxylic acids is 1. The Bertz CT molecular complexity index is 570. The number of carbonyl (C=O) groups is 1. The van der Waals surface area contributed by atoms with Gasteiger partial charge in [-0.25, -0.2) is 0 Å². The summed E-state index contributed by atoms with van der Waals surface area (Å²) in [6, 6.07) is 4.54. The van der Waals surface area contributed by atoms with Crippen LogP contribution in [0.3, 0.4) is 0 Å². The molecule has 0 saturated carbocycles. The molecule has 3 nitrogen and oxygen atoms in total. The molecule has 0 aliphatic carbocycles. The molecule has 0 aliphatic heterocycles. The van der Waals surface area contributed by atoms with Gasteiger partial charge in [0.25, 0.3) is 0 Å². The molecule has 0 radical (unpaired) electrons. The zero-order chi connectivity index (χ0) is 16.0. The van der Waals surface area contributed by atoms with E-state index >= 15 is 0 Å². The zero-order valence-electron chi connectivity index (χ0n) is 11.0. The minimum Gasteiger partial charge on any atom is -0.466 e. The van der Waals surface area contributed by atoms with Gasteiger partial charge in [-0.05, 0) is 41.9 Å². The van der Waals surface area contributed by atoms with Gasteiger partial charge in [0.1, 0.15) is 0 Å². The molecule has 0 saturated heterocycles. The minimum absolute atomic E-state index is 0.0854. The average molecular weight is 382 g/mol. The van der Waals surface area contributed by atoms with Crippen molar-refractivity contribution in [2.75, 3.05) is 6.61 Å². The molecule has 21 heavy (non-hydrogen) atoms. The lowest BCUT2D eigenvalue weighted by Crippen LogP contribution is -2.09. The van der Waals surface area contributed by atoms with E-state index in [2.05, 4.69) is 15.9 Å². The first-order valence-electron chi connectivity index (χ1n) is 5.84. The van der Waals surface area contributed by atoms with Crippen LogP contribution in [0.4, 0.5) is 13.2 Å². The van der Waals surface area contributed by atoms with Gasteiger partial charge in [0, 0.05) is 10.2 Å². The molecular formula is C13H11BrF3NO2S. The number of halogens is 4. The van der Waals surface area contributed by atoms with Gasteiger partial charge in [-0.3, -0.25) is 4.79 Å². The van der Waals surface area contributed by atoms with E-state index in [9.17, 15) is 18.0 Å².